The minimum atomic E-state index is -1.76. The number of ether oxygens (including phenoxy) is 1. The number of nitrogens with two attached hydrogens (primary N) is 1. The van der Waals surface area contributed by atoms with E-state index in [-0.39, 0.29) is 21.6 Å². The van der Waals surface area contributed by atoms with Gasteiger partial charge < -0.3 is 20.8 Å². The average molecular weight is 447 g/mol. The number of nitrogens with zero attached hydrogens (tertiary/aromatic N) is 2. The number of halogens is 2. The third-order valence-corrected chi connectivity index (χ3v) is 5.49. The first kappa shape index (κ1) is 20.0. The number of aromatic amines is 1. The fraction of sp³-hybridized carbons (Fsp3) is 0.158. The maximum absolute atomic E-state index is 13.1. The molecule has 0 saturated carbocycles. The van der Waals surface area contributed by atoms with Gasteiger partial charge in [-0.2, -0.15) is 0 Å². The molecule has 2 aromatic carbocycles. The van der Waals surface area contributed by atoms with Crippen LogP contribution in [-0.2, 0) is 15.1 Å². The van der Waals surface area contributed by atoms with E-state index in [9.17, 15) is 9.59 Å². The molecule has 9 nitrogen and oxygen atoms in total. The van der Waals surface area contributed by atoms with Gasteiger partial charge in [0.15, 0.2) is 11.6 Å². The summed E-state index contributed by atoms with van der Waals surface area (Å²) in [5.41, 5.74) is 5.32. The topological polar surface area (TPSA) is 134 Å². The van der Waals surface area contributed by atoms with Gasteiger partial charge in [-0.15, -0.1) is 0 Å². The smallest absolute Gasteiger partial charge is 0.254 e. The number of aliphatic imine (C=N–C) groups is 1. The molecule has 0 bridgehead atoms. The monoisotopic (exact) mass is 446 g/mol. The first-order valence-corrected chi connectivity index (χ1v) is 9.51. The van der Waals surface area contributed by atoms with Crippen LogP contribution in [-0.4, -0.2) is 41.3 Å². The standard InChI is InChI=1S/C19H16Cl2N6O3/c1-30-12-7-3-6-11-14(12)26-18(25-11)27-16(28)15-19(17(22)29,24-8-23-15)13-9(20)4-2-5-10(13)21/h2-8,15H,1H3,(H2,22,29)(H,23,24)(H2,25,26,27,28). The molecule has 1 aliphatic heterocycles. The van der Waals surface area contributed by atoms with Crippen LogP contribution in [0.1, 0.15) is 5.56 Å². The summed E-state index contributed by atoms with van der Waals surface area (Å²) in [7, 11) is 1.52. The van der Waals surface area contributed by atoms with Gasteiger partial charge in [-0.3, -0.25) is 19.9 Å². The molecule has 2 heterocycles. The van der Waals surface area contributed by atoms with Crippen molar-refractivity contribution in [3.8, 4) is 5.75 Å². The van der Waals surface area contributed by atoms with E-state index in [0.717, 1.165) is 0 Å². The molecule has 0 fully saturated rings. The fourth-order valence-electron chi connectivity index (χ4n) is 3.50. The fourth-order valence-corrected chi connectivity index (χ4v) is 4.19. The van der Waals surface area contributed by atoms with E-state index >= 15 is 0 Å². The van der Waals surface area contributed by atoms with Crippen molar-refractivity contribution in [3.63, 3.8) is 0 Å². The SMILES string of the molecule is COc1cccc2[nH]c(NC(=O)C3N=CNC3(C(N)=O)c3c(Cl)cccc3Cl)nc12. The summed E-state index contributed by atoms with van der Waals surface area (Å²) >= 11 is 12.6. The van der Waals surface area contributed by atoms with Crippen LogP contribution in [0.4, 0.5) is 5.95 Å². The quantitative estimate of drug-likeness (QED) is 0.476. The molecule has 2 unspecified atom stereocenters. The van der Waals surface area contributed by atoms with Crippen molar-refractivity contribution in [2.75, 3.05) is 12.4 Å². The van der Waals surface area contributed by atoms with Gasteiger partial charge in [0.1, 0.15) is 11.3 Å². The summed E-state index contributed by atoms with van der Waals surface area (Å²) in [5, 5.41) is 5.76. The van der Waals surface area contributed by atoms with Crippen LogP contribution in [0.5, 0.6) is 5.75 Å². The molecule has 0 radical (unpaired) electrons. The number of para-hydroxylation sites is 1. The van der Waals surface area contributed by atoms with Crippen molar-refractivity contribution < 1.29 is 14.3 Å². The molecule has 1 aromatic heterocycles. The van der Waals surface area contributed by atoms with Crippen LogP contribution in [0, 0.1) is 0 Å². The Kier molecular flexibility index (Phi) is 5.00. The van der Waals surface area contributed by atoms with E-state index in [2.05, 4.69) is 25.6 Å². The molecule has 0 saturated heterocycles. The molecule has 30 heavy (non-hydrogen) atoms. The van der Waals surface area contributed by atoms with Crippen molar-refractivity contribution in [1.29, 1.82) is 0 Å². The summed E-state index contributed by atoms with van der Waals surface area (Å²) in [4.78, 5) is 37.1. The highest BCUT2D eigenvalue weighted by Crippen LogP contribution is 2.39. The second kappa shape index (κ2) is 7.51. The predicted octanol–water partition coefficient (Wildman–Crippen LogP) is 2.20. The highest BCUT2D eigenvalue weighted by molar-refractivity contribution is 6.37. The molecule has 154 valence electrons. The normalized spacial score (nSPS) is 20.2. The van der Waals surface area contributed by atoms with Crippen LogP contribution in [0.15, 0.2) is 41.4 Å². The molecule has 2 amide bonds. The van der Waals surface area contributed by atoms with E-state index in [1.807, 2.05) is 0 Å². The number of imidazole rings is 1. The second-order valence-corrected chi connectivity index (χ2v) is 7.34. The molecule has 0 spiro atoms. The highest BCUT2D eigenvalue weighted by Gasteiger charge is 2.54. The summed E-state index contributed by atoms with van der Waals surface area (Å²) < 4.78 is 5.28. The Balaban J connectivity index is 1.72. The number of rotatable bonds is 5. The molecular weight excluding hydrogens is 431 g/mol. The van der Waals surface area contributed by atoms with E-state index in [1.165, 1.54) is 13.4 Å². The number of hydrogen-bond donors (Lipinski definition) is 4. The minimum absolute atomic E-state index is 0.158. The number of aromatic nitrogens is 2. The largest absolute Gasteiger partial charge is 0.494 e. The Morgan fingerprint density at radius 2 is 1.90 bits per heavy atom. The number of nitrogens with one attached hydrogen (secondary N) is 3. The van der Waals surface area contributed by atoms with Gasteiger partial charge in [0.25, 0.3) is 11.8 Å². The zero-order chi connectivity index (χ0) is 21.5. The number of benzene rings is 2. The Morgan fingerprint density at radius 3 is 2.57 bits per heavy atom. The van der Waals surface area contributed by atoms with Gasteiger partial charge in [0.05, 0.1) is 19.0 Å². The van der Waals surface area contributed by atoms with Crippen molar-refractivity contribution in [2.24, 2.45) is 10.7 Å². The number of H-pyrrole nitrogens is 1. The van der Waals surface area contributed by atoms with E-state index in [0.29, 0.717) is 16.8 Å². The third-order valence-electron chi connectivity index (χ3n) is 4.86. The van der Waals surface area contributed by atoms with Crippen LogP contribution in [0.3, 0.4) is 0 Å². The number of primary amides is 1. The van der Waals surface area contributed by atoms with Crippen molar-refractivity contribution in [2.45, 2.75) is 11.6 Å². The Bertz CT molecular complexity index is 1170. The van der Waals surface area contributed by atoms with Crippen LogP contribution >= 0.6 is 23.2 Å². The Hall–Kier alpha value is -3.30. The first-order valence-electron chi connectivity index (χ1n) is 8.75. The zero-order valence-corrected chi connectivity index (χ0v) is 17.1. The Morgan fingerprint density at radius 1 is 1.20 bits per heavy atom. The van der Waals surface area contributed by atoms with Crippen LogP contribution < -0.4 is 21.1 Å². The molecule has 1 aliphatic rings. The number of hydrogen-bond acceptors (Lipinski definition) is 6. The van der Waals surface area contributed by atoms with Gasteiger partial charge in [-0.25, -0.2) is 4.98 Å². The molecule has 0 aliphatic carbocycles. The van der Waals surface area contributed by atoms with Crippen molar-refractivity contribution >= 4 is 58.3 Å². The predicted molar refractivity (Wildman–Crippen MR) is 114 cm³/mol. The number of amides is 2. The van der Waals surface area contributed by atoms with Gasteiger partial charge in [0.2, 0.25) is 5.95 Å². The summed E-state index contributed by atoms with van der Waals surface area (Å²) in [5.74, 6) is -0.796. The molecule has 3 aromatic rings. The molecule has 2 atom stereocenters. The third kappa shape index (κ3) is 3.03. The van der Waals surface area contributed by atoms with Crippen molar-refractivity contribution in [3.05, 3.63) is 52.0 Å². The summed E-state index contributed by atoms with van der Waals surface area (Å²) in [6, 6.07) is 8.76. The lowest BCUT2D eigenvalue weighted by Gasteiger charge is -2.32. The van der Waals surface area contributed by atoms with E-state index < -0.39 is 23.4 Å². The number of carbonyl (C=O) groups excluding carboxylic acids is 2. The maximum Gasteiger partial charge on any atom is 0.254 e. The Labute approximate surface area is 180 Å². The van der Waals surface area contributed by atoms with Gasteiger partial charge >= 0.3 is 0 Å². The number of carbonyl (C=O) groups is 2. The van der Waals surface area contributed by atoms with Crippen LogP contribution in [0.25, 0.3) is 11.0 Å². The van der Waals surface area contributed by atoms with Crippen molar-refractivity contribution in [1.82, 2.24) is 15.3 Å². The lowest BCUT2D eigenvalue weighted by Crippen LogP contribution is -2.59. The van der Waals surface area contributed by atoms with Gasteiger partial charge in [0, 0.05) is 15.6 Å². The minimum Gasteiger partial charge on any atom is -0.494 e. The van der Waals surface area contributed by atoms with Gasteiger partial charge in [-0.05, 0) is 24.3 Å². The lowest BCUT2D eigenvalue weighted by molar-refractivity contribution is -0.129. The number of methoxy groups -OCH3 is 1. The molecule has 11 heteroatoms. The summed E-state index contributed by atoms with van der Waals surface area (Å²) in [6.45, 7) is 0. The second-order valence-electron chi connectivity index (χ2n) is 6.53. The lowest BCUT2D eigenvalue weighted by atomic mass is 9.82. The van der Waals surface area contributed by atoms with E-state index in [4.69, 9.17) is 33.7 Å². The zero-order valence-electron chi connectivity index (χ0n) is 15.6. The average Bonchev–Trinajstić information content (AvgIpc) is 3.32. The molecular formula is C19H16Cl2N6O3. The van der Waals surface area contributed by atoms with E-state index in [1.54, 1.807) is 36.4 Å². The summed E-state index contributed by atoms with van der Waals surface area (Å²) in [6.07, 6.45) is 1.23. The molecule has 5 N–H and O–H groups in total. The number of fused-ring (bicyclic) bond motifs is 1. The maximum atomic E-state index is 13.1. The highest BCUT2D eigenvalue weighted by atomic mass is 35.5. The van der Waals surface area contributed by atoms with Crippen LogP contribution in [0.2, 0.25) is 10.0 Å². The van der Waals surface area contributed by atoms with Gasteiger partial charge in [-0.1, -0.05) is 35.3 Å². The number of anilines is 1. The molecule has 4 rings (SSSR count). The first-order chi connectivity index (χ1) is 14.4.